The Bertz CT molecular complexity index is 1250. The summed E-state index contributed by atoms with van der Waals surface area (Å²) in [5.41, 5.74) is 8.46. The highest BCUT2D eigenvalue weighted by Gasteiger charge is 2.27. The van der Waals surface area contributed by atoms with Crippen molar-refractivity contribution in [3.05, 3.63) is 99.6 Å². The fraction of sp³-hybridized carbons (Fsp3) is 0.0909. The van der Waals surface area contributed by atoms with Crippen molar-refractivity contribution >= 4 is 39.7 Å². The van der Waals surface area contributed by atoms with Crippen LogP contribution in [-0.2, 0) is 16.6 Å². The third-order valence-electron chi connectivity index (χ3n) is 4.62. The maximum Gasteiger partial charge on any atom is 0.239 e. The first kappa shape index (κ1) is 21.5. The van der Waals surface area contributed by atoms with Crippen LogP contribution in [0.5, 0.6) is 0 Å². The molecule has 2 N–H and O–H groups in total. The topological polar surface area (TPSA) is 82.0 Å². The molecule has 0 fully saturated rings. The Morgan fingerprint density at radius 1 is 1.03 bits per heavy atom. The minimum absolute atomic E-state index is 0.0317. The van der Waals surface area contributed by atoms with Gasteiger partial charge in [-0.1, -0.05) is 46.6 Å². The van der Waals surface area contributed by atoms with Crippen LogP contribution in [0.3, 0.4) is 0 Å². The van der Waals surface area contributed by atoms with E-state index in [-0.39, 0.29) is 23.3 Å². The van der Waals surface area contributed by atoms with Crippen LogP contribution in [-0.4, -0.2) is 14.3 Å². The van der Waals surface area contributed by atoms with Crippen LogP contribution in [0.25, 0.3) is 11.4 Å². The van der Waals surface area contributed by atoms with E-state index in [1.165, 1.54) is 12.1 Å². The van der Waals surface area contributed by atoms with E-state index in [4.69, 9.17) is 33.5 Å². The van der Waals surface area contributed by atoms with Gasteiger partial charge in [-0.2, -0.15) is 4.98 Å². The summed E-state index contributed by atoms with van der Waals surface area (Å²) in [5, 5.41) is 4.17. The maximum atomic E-state index is 13.5. The predicted octanol–water partition coefficient (Wildman–Crippen LogP) is 5.80. The molecule has 0 spiro atoms. The van der Waals surface area contributed by atoms with Crippen molar-refractivity contribution in [2.45, 2.75) is 11.0 Å². The number of nitrogens with zero attached hydrogens (tertiary/aromatic N) is 2. The molecule has 0 saturated heterocycles. The largest absolute Gasteiger partial charge is 0.398 e. The van der Waals surface area contributed by atoms with E-state index >= 15 is 0 Å². The molecule has 1 heterocycles. The third kappa shape index (κ3) is 4.79. The minimum Gasteiger partial charge on any atom is -0.398 e. The predicted molar refractivity (Wildman–Crippen MR) is 121 cm³/mol. The van der Waals surface area contributed by atoms with E-state index in [1.54, 1.807) is 48.5 Å². The second-order valence-electron chi connectivity index (χ2n) is 6.72. The summed E-state index contributed by atoms with van der Waals surface area (Å²) in [6.45, 7) is 0. The first-order valence-corrected chi connectivity index (χ1v) is 11.3. The van der Waals surface area contributed by atoms with Gasteiger partial charge < -0.3 is 10.3 Å². The highest BCUT2D eigenvalue weighted by atomic mass is 35.5. The number of benzene rings is 3. The molecule has 0 bridgehead atoms. The van der Waals surface area contributed by atoms with Gasteiger partial charge in [0.05, 0.1) is 5.25 Å². The lowest BCUT2D eigenvalue weighted by atomic mass is 10.0. The van der Waals surface area contributed by atoms with Gasteiger partial charge in [0.2, 0.25) is 11.7 Å². The van der Waals surface area contributed by atoms with Gasteiger partial charge in [0, 0.05) is 32.1 Å². The molecule has 4 aromatic rings. The molecule has 0 amide bonds. The van der Waals surface area contributed by atoms with Crippen molar-refractivity contribution in [1.82, 2.24) is 10.1 Å². The average molecular weight is 476 g/mol. The number of hydrogen-bond acceptors (Lipinski definition) is 5. The lowest BCUT2D eigenvalue weighted by Gasteiger charge is -2.20. The van der Waals surface area contributed by atoms with E-state index in [2.05, 4.69) is 10.1 Å². The highest BCUT2D eigenvalue weighted by Crippen LogP contribution is 2.38. The molecule has 0 aliphatic rings. The Morgan fingerprint density at radius 3 is 2.52 bits per heavy atom. The number of aromatic nitrogens is 2. The van der Waals surface area contributed by atoms with Crippen molar-refractivity contribution in [1.29, 1.82) is 0 Å². The van der Waals surface area contributed by atoms with Crippen molar-refractivity contribution in [3.63, 3.8) is 0 Å². The van der Waals surface area contributed by atoms with Gasteiger partial charge in [-0.3, -0.25) is 4.21 Å². The molecular weight excluding hydrogens is 460 g/mol. The number of nitrogens with two attached hydrogens (primary N) is 1. The zero-order chi connectivity index (χ0) is 22.0. The molecule has 5 nitrogen and oxygen atoms in total. The van der Waals surface area contributed by atoms with Gasteiger partial charge in [0.1, 0.15) is 11.6 Å². The number of rotatable bonds is 6. The summed E-state index contributed by atoms with van der Waals surface area (Å²) in [5.74, 6) is 0.0601. The second-order valence-corrected chi connectivity index (χ2v) is 9.08. The molecule has 2 unspecified atom stereocenters. The SMILES string of the molecule is Nc1ccc(Cl)cc1C(c1ccccc1Cl)S(=O)Cc1nc(-c2ccc(F)cc2)no1. The smallest absolute Gasteiger partial charge is 0.239 e. The van der Waals surface area contributed by atoms with Crippen LogP contribution in [0.15, 0.2) is 71.3 Å². The number of nitrogen functional groups attached to an aromatic ring is 1. The van der Waals surface area contributed by atoms with Crippen LogP contribution in [0.2, 0.25) is 10.0 Å². The molecule has 9 heteroatoms. The van der Waals surface area contributed by atoms with Crippen molar-refractivity contribution in [2.75, 3.05) is 5.73 Å². The molecule has 0 aliphatic carbocycles. The lowest BCUT2D eigenvalue weighted by Crippen LogP contribution is -2.13. The highest BCUT2D eigenvalue weighted by molar-refractivity contribution is 7.84. The van der Waals surface area contributed by atoms with Crippen molar-refractivity contribution < 1.29 is 13.1 Å². The molecular formula is C22H16Cl2FN3O2S. The van der Waals surface area contributed by atoms with Gasteiger partial charge in [0.15, 0.2) is 0 Å². The summed E-state index contributed by atoms with van der Waals surface area (Å²) in [7, 11) is -1.57. The molecule has 2 atom stereocenters. The number of halogens is 3. The zero-order valence-electron chi connectivity index (χ0n) is 16.0. The molecule has 0 aliphatic heterocycles. The van der Waals surface area contributed by atoms with E-state index < -0.39 is 16.0 Å². The molecule has 158 valence electrons. The lowest BCUT2D eigenvalue weighted by molar-refractivity contribution is 0.390. The Kier molecular flexibility index (Phi) is 6.36. The molecule has 0 radical (unpaired) electrons. The molecule has 0 saturated carbocycles. The average Bonchev–Trinajstić information content (AvgIpc) is 3.21. The summed E-state index contributed by atoms with van der Waals surface area (Å²) < 4.78 is 31.9. The van der Waals surface area contributed by atoms with Crippen LogP contribution in [0, 0.1) is 5.82 Å². The van der Waals surface area contributed by atoms with Crippen LogP contribution in [0.4, 0.5) is 10.1 Å². The standard InChI is InChI=1S/C22H16Cl2FN3O2S/c23-14-7-10-19(26)17(11-14)21(16-3-1-2-4-18(16)24)31(29)12-20-27-22(28-30-20)13-5-8-15(25)9-6-13/h1-11,21H,12,26H2. The molecule has 4 rings (SSSR count). The van der Waals surface area contributed by atoms with E-state index in [0.29, 0.717) is 32.4 Å². The fourth-order valence-corrected chi connectivity index (χ4v) is 5.14. The van der Waals surface area contributed by atoms with Crippen LogP contribution in [0.1, 0.15) is 22.3 Å². The van der Waals surface area contributed by atoms with Crippen molar-refractivity contribution in [3.8, 4) is 11.4 Å². The van der Waals surface area contributed by atoms with Gasteiger partial charge in [0.25, 0.3) is 0 Å². The Morgan fingerprint density at radius 2 is 1.77 bits per heavy atom. The zero-order valence-corrected chi connectivity index (χ0v) is 18.3. The quantitative estimate of drug-likeness (QED) is 0.356. The van der Waals surface area contributed by atoms with Crippen LogP contribution >= 0.6 is 23.2 Å². The summed E-state index contributed by atoms with van der Waals surface area (Å²) >= 11 is 12.6. The Labute approximate surface area is 190 Å². The summed E-state index contributed by atoms with van der Waals surface area (Å²) in [6.07, 6.45) is 0. The first-order chi connectivity index (χ1) is 14.9. The van der Waals surface area contributed by atoms with Crippen molar-refractivity contribution in [2.24, 2.45) is 0 Å². The van der Waals surface area contributed by atoms with Crippen LogP contribution < -0.4 is 5.73 Å². The summed E-state index contributed by atoms with van der Waals surface area (Å²) in [4.78, 5) is 4.30. The normalized spacial score (nSPS) is 13.1. The second kappa shape index (κ2) is 9.18. The van der Waals surface area contributed by atoms with E-state index in [0.717, 1.165) is 0 Å². The summed E-state index contributed by atoms with van der Waals surface area (Å²) in [6, 6.07) is 17.8. The molecule has 1 aromatic heterocycles. The third-order valence-corrected chi connectivity index (χ3v) is 6.76. The monoisotopic (exact) mass is 475 g/mol. The van der Waals surface area contributed by atoms with Gasteiger partial charge in [-0.25, -0.2) is 4.39 Å². The maximum absolute atomic E-state index is 13.5. The van der Waals surface area contributed by atoms with E-state index in [9.17, 15) is 8.60 Å². The Balaban J connectivity index is 1.68. The number of anilines is 1. The fourth-order valence-electron chi connectivity index (χ4n) is 3.15. The minimum atomic E-state index is -1.57. The number of hydrogen-bond donors (Lipinski definition) is 1. The Hall–Kier alpha value is -2.74. The van der Waals surface area contributed by atoms with Gasteiger partial charge >= 0.3 is 0 Å². The van der Waals surface area contributed by atoms with E-state index in [1.807, 2.05) is 6.07 Å². The molecule has 31 heavy (non-hydrogen) atoms. The van der Waals surface area contributed by atoms with Gasteiger partial charge in [-0.15, -0.1) is 0 Å². The molecule has 3 aromatic carbocycles. The first-order valence-electron chi connectivity index (χ1n) is 9.17. The van der Waals surface area contributed by atoms with Gasteiger partial charge in [-0.05, 0) is 59.7 Å².